The van der Waals surface area contributed by atoms with E-state index in [1.54, 1.807) is 35.7 Å². The van der Waals surface area contributed by atoms with Crippen LogP contribution in [-0.4, -0.2) is 58.8 Å². The molecular formula is C25H27FN2O4S3. The monoisotopic (exact) mass is 534 g/mol. The van der Waals surface area contributed by atoms with Crippen molar-refractivity contribution in [1.29, 1.82) is 0 Å². The van der Waals surface area contributed by atoms with E-state index < -0.39 is 25.1 Å². The first kappa shape index (κ1) is 25.7. The summed E-state index contributed by atoms with van der Waals surface area (Å²) in [7, 11) is -7.74. The molecule has 1 atom stereocenters. The Kier molecular flexibility index (Phi) is 7.87. The zero-order valence-corrected chi connectivity index (χ0v) is 21.5. The molecule has 0 saturated carbocycles. The fraction of sp³-hybridized carbons (Fsp3) is 0.280. The maximum absolute atomic E-state index is 13.6. The van der Waals surface area contributed by atoms with Gasteiger partial charge < -0.3 is 4.90 Å². The van der Waals surface area contributed by atoms with Crippen LogP contribution in [0.1, 0.15) is 16.4 Å². The first-order valence-corrected chi connectivity index (χ1v) is 15.1. The van der Waals surface area contributed by atoms with Crippen LogP contribution in [-0.2, 0) is 26.3 Å². The maximum atomic E-state index is 13.6. The summed E-state index contributed by atoms with van der Waals surface area (Å²) in [5.41, 5.74) is 1.25. The van der Waals surface area contributed by atoms with E-state index in [0.717, 1.165) is 29.9 Å². The summed E-state index contributed by atoms with van der Waals surface area (Å²) < 4.78 is 68.1. The molecule has 0 bridgehead atoms. The lowest BCUT2D eigenvalue weighted by Crippen LogP contribution is -2.49. The molecule has 1 unspecified atom stereocenters. The SMILES string of the molecule is C=CC(c1cscc1S(=O)(=O)c1ccccc1)S(=O)(=O)N1CCN(CCc2ccc(F)cc2)CC1. The van der Waals surface area contributed by atoms with Gasteiger partial charge in [0.1, 0.15) is 11.1 Å². The fourth-order valence-corrected chi connectivity index (χ4v) is 8.84. The van der Waals surface area contributed by atoms with Crippen molar-refractivity contribution in [2.45, 2.75) is 21.5 Å². The normalized spacial score (nSPS) is 16.7. The van der Waals surface area contributed by atoms with Gasteiger partial charge >= 0.3 is 0 Å². The minimum absolute atomic E-state index is 0.000101. The Balaban J connectivity index is 1.47. The van der Waals surface area contributed by atoms with E-state index in [4.69, 9.17) is 0 Å². The average Bonchev–Trinajstić information content (AvgIpc) is 3.35. The van der Waals surface area contributed by atoms with Crippen molar-refractivity contribution in [2.24, 2.45) is 0 Å². The van der Waals surface area contributed by atoms with Gasteiger partial charge in [-0.25, -0.2) is 21.2 Å². The zero-order chi connectivity index (χ0) is 25.1. The minimum Gasteiger partial charge on any atom is -0.300 e. The number of hydrogen-bond donors (Lipinski definition) is 0. The number of thiophene rings is 1. The van der Waals surface area contributed by atoms with E-state index in [-0.39, 0.29) is 21.2 Å². The highest BCUT2D eigenvalue weighted by Gasteiger charge is 2.37. The molecule has 35 heavy (non-hydrogen) atoms. The second-order valence-corrected chi connectivity index (χ2v) is 13.0. The van der Waals surface area contributed by atoms with Gasteiger partial charge in [-0.05, 0) is 41.6 Å². The molecule has 1 aromatic heterocycles. The highest BCUT2D eigenvalue weighted by atomic mass is 32.2. The molecular weight excluding hydrogens is 507 g/mol. The molecule has 186 valence electrons. The Morgan fingerprint density at radius 3 is 2.23 bits per heavy atom. The van der Waals surface area contributed by atoms with Crippen LogP contribution >= 0.6 is 11.3 Å². The van der Waals surface area contributed by atoms with Crippen LogP contribution in [0.3, 0.4) is 0 Å². The number of halogens is 1. The molecule has 2 aromatic carbocycles. The van der Waals surface area contributed by atoms with Crippen LogP contribution in [0.25, 0.3) is 0 Å². The summed E-state index contributed by atoms with van der Waals surface area (Å²) in [6, 6.07) is 14.4. The molecule has 2 heterocycles. The van der Waals surface area contributed by atoms with Gasteiger partial charge in [0.25, 0.3) is 0 Å². The van der Waals surface area contributed by atoms with Crippen molar-refractivity contribution < 1.29 is 21.2 Å². The third-order valence-electron chi connectivity index (χ3n) is 6.16. The lowest BCUT2D eigenvalue weighted by molar-refractivity contribution is 0.189. The number of piperazine rings is 1. The van der Waals surface area contributed by atoms with Crippen LogP contribution < -0.4 is 0 Å². The van der Waals surface area contributed by atoms with Gasteiger partial charge in [-0.3, -0.25) is 0 Å². The Hall–Kier alpha value is -2.37. The molecule has 1 saturated heterocycles. The molecule has 4 rings (SSSR count). The molecule has 10 heteroatoms. The highest BCUT2D eigenvalue weighted by Crippen LogP contribution is 2.36. The second-order valence-electron chi connectivity index (χ2n) is 8.33. The van der Waals surface area contributed by atoms with E-state index in [1.807, 2.05) is 0 Å². The van der Waals surface area contributed by atoms with Gasteiger partial charge in [0.05, 0.1) is 9.79 Å². The largest absolute Gasteiger partial charge is 0.300 e. The van der Waals surface area contributed by atoms with Crippen molar-refractivity contribution >= 4 is 31.2 Å². The molecule has 6 nitrogen and oxygen atoms in total. The van der Waals surface area contributed by atoms with E-state index >= 15 is 0 Å². The summed E-state index contributed by atoms with van der Waals surface area (Å²) in [5, 5.41) is 1.91. The van der Waals surface area contributed by atoms with Gasteiger partial charge in [0, 0.05) is 43.7 Å². The van der Waals surface area contributed by atoms with Crippen molar-refractivity contribution in [1.82, 2.24) is 9.21 Å². The summed E-state index contributed by atoms with van der Waals surface area (Å²) in [6.45, 7) is 6.20. The number of hydrogen-bond acceptors (Lipinski definition) is 6. The van der Waals surface area contributed by atoms with Crippen LogP contribution in [0.4, 0.5) is 4.39 Å². The number of rotatable bonds is 9. The van der Waals surface area contributed by atoms with Crippen molar-refractivity contribution in [2.75, 3.05) is 32.7 Å². The van der Waals surface area contributed by atoms with Gasteiger partial charge in [-0.1, -0.05) is 36.4 Å². The summed E-state index contributed by atoms with van der Waals surface area (Å²) in [5.74, 6) is -0.269. The number of sulfone groups is 1. The quantitative estimate of drug-likeness (QED) is 0.386. The second kappa shape index (κ2) is 10.7. The average molecular weight is 535 g/mol. The van der Waals surface area contributed by atoms with E-state index in [9.17, 15) is 21.2 Å². The zero-order valence-electron chi connectivity index (χ0n) is 19.1. The lowest BCUT2D eigenvalue weighted by atomic mass is 10.1. The molecule has 3 aromatic rings. The number of sulfonamides is 1. The Morgan fingerprint density at radius 1 is 0.943 bits per heavy atom. The Morgan fingerprint density at radius 2 is 1.60 bits per heavy atom. The van der Waals surface area contributed by atoms with Crippen molar-refractivity contribution in [3.05, 3.63) is 95.0 Å². The maximum Gasteiger partial charge on any atom is 0.224 e. The van der Waals surface area contributed by atoms with E-state index in [0.29, 0.717) is 26.2 Å². The predicted molar refractivity (Wildman–Crippen MR) is 136 cm³/mol. The van der Waals surface area contributed by atoms with Crippen molar-refractivity contribution in [3.8, 4) is 0 Å². The topological polar surface area (TPSA) is 74.8 Å². The summed E-state index contributed by atoms with van der Waals surface area (Å²) in [6.07, 6.45) is 2.06. The Bertz CT molecular complexity index is 1360. The van der Waals surface area contributed by atoms with Crippen LogP contribution in [0.5, 0.6) is 0 Å². The van der Waals surface area contributed by atoms with Gasteiger partial charge in [0.15, 0.2) is 0 Å². The molecule has 0 N–H and O–H groups in total. The van der Waals surface area contributed by atoms with Gasteiger partial charge in [-0.15, -0.1) is 6.58 Å². The first-order chi connectivity index (χ1) is 16.7. The standard InChI is InChI=1S/C25H27FN2O4S3/c1-2-24(23-18-33-19-25(23)34(29,30)22-6-4-3-5-7-22)35(31,32)28-16-14-27(15-17-28)13-12-20-8-10-21(26)11-9-20/h2-11,18-19,24H,1,12-17H2. The van der Waals surface area contributed by atoms with E-state index in [1.165, 1.54) is 40.0 Å². The molecule has 0 radical (unpaired) electrons. The smallest absolute Gasteiger partial charge is 0.224 e. The molecule has 0 amide bonds. The lowest BCUT2D eigenvalue weighted by Gasteiger charge is -2.35. The van der Waals surface area contributed by atoms with Crippen LogP contribution in [0.2, 0.25) is 0 Å². The fourth-order valence-electron chi connectivity index (χ4n) is 4.16. The van der Waals surface area contributed by atoms with Gasteiger partial charge in [-0.2, -0.15) is 15.6 Å². The molecule has 0 spiro atoms. The van der Waals surface area contributed by atoms with Crippen LogP contribution in [0.15, 0.2) is 87.8 Å². The van der Waals surface area contributed by atoms with Gasteiger partial charge in [0.2, 0.25) is 19.9 Å². The molecule has 1 aliphatic heterocycles. The third-order valence-corrected chi connectivity index (χ3v) is 11.1. The molecule has 1 fully saturated rings. The summed E-state index contributed by atoms with van der Waals surface area (Å²) >= 11 is 1.16. The Labute approximate surface area is 210 Å². The first-order valence-electron chi connectivity index (χ1n) is 11.2. The van der Waals surface area contributed by atoms with E-state index in [2.05, 4.69) is 11.5 Å². The predicted octanol–water partition coefficient (Wildman–Crippen LogP) is 4.14. The number of nitrogens with zero attached hydrogens (tertiary/aromatic N) is 2. The van der Waals surface area contributed by atoms with Crippen LogP contribution in [0, 0.1) is 5.82 Å². The summed E-state index contributed by atoms with van der Waals surface area (Å²) in [4.78, 5) is 2.29. The highest BCUT2D eigenvalue weighted by molar-refractivity contribution is 7.92. The third kappa shape index (κ3) is 5.57. The molecule has 0 aliphatic carbocycles. The number of benzene rings is 2. The molecule has 1 aliphatic rings. The minimum atomic E-state index is -3.87. The van der Waals surface area contributed by atoms with Crippen molar-refractivity contribution in [3.63, 3.8) is 0 Å².